The number of rotatable bonds is 2. The Balaban J connectivity index is 0.000000252. The second-order valence-electron chi connectivity index (χ2n) is 2.13. The van der Waals surface area contributed by atoms with Crippen molar-refractivity contribution < 1.29 is 4.79 Å². The second kappa shape index (κ2) is 8.02. The van der Waals surface area contributed by atoms with Crippen molar-refractivity contribution in [3.63, 3.8) is 0 Å². The summed E-state index contributed by atoms with van der Waals surface area (Å²) in [5, 5.41) is 0.443. The van der Waals surface area contributed by atoms with Crippen LogP contribution in [0.2, 0.25) is 0 Å². The van der Waals surface area contributed by atoms with E-state index < -0.39 is 5.24 Å². The SMILES string of the molecule is BrCc1ccccc1.C=CC(=O)Cl. The van der Waals surface area contributed by atoms with E-state index in [0.717, 1.165) is 11.4 Å². The third-order valence-corrected chi connectivity index (χ3v) is 1.96. The minimum atomic E-state index is -0.509. The number of alkyl halides is 1. The lowest BCUT2D eigenvalue weighted by Crippen LogP contribution is -1.70. The summed E-state index contributed by atoms with van der Waals surface area (Å²) >= 11 is 8.06. The summed E-state index contributed by atoms with van der Waals surface area (Å²) in [6.45, 7) is 3.08. The molecule has 0 aliphatic heterocycles. The minimum absolute atomic E-state index is 0.509. The fraction of sp³-hybridized carbons (Fsp3) is 0.100. The number of hydrogen-bond acceptors (Lipinski definition) is 1. The van der Waals surface area contributed by atoms with Crippen LogP contribution < -0.4 is 0 Å². The molecule has 0 amide bonds. The summed E-state index contributed by atoms with van der Waals surface area (Å²) in [7, 11) is 0. The predicted octanol–water partition coefficient (Wildman–Crippen LogP) is 3.52. The van der Waals surface area contributed by atoms with Crippen molar-refractivity contribution in [3.8, 4) is 0 Å². The molecule has 1 nitrogen and oxygen atoms in total. The highest BCUT2D eigenvalue weighted by Crippen LogP contribution is 2.02. The summed E-state index contributed by atoms with van der Waals surface area (Å²) < 4.78 is 0. The molecule has 3 heteroatoms. The van der Waals surface area contributed by atoms with E-state index in [2.05, 4.69) is 34.6 Å². The first-order valence-corrected chi connectivity index (χ1v) is 5.12. The van der Waals surface area contributed by atoms with Gasteiger partial charge in [-0.3, -0.25) is 4.79 Å². The van der Waals surface area contributed by atoms with E-state index >= 15 is 0 Å². The van der Waals surface area contributed by atoms with Gasteiger partial charge in [0.1, 0.15) is 0 Å². The van der Waals surface area contributed by atoms with Crippen LogP contribution in [0.25, 0.3) is 0 Å². The first kappa shape index (κ1) is 12.4. The van der Waals surface area contributed by atoms with Crippen molar-refractivity contribution in [2.24, 2.45) is 0 Å². The van der Waals surface area contributed by atoms with E-state index in [4.69, 9.17) is 11.6 Å². The zero-order chi connectivity index (χ0) is 10.1. The molecule has 0 fully saturated rings. The van der Waals surface area contributed by atoms with E-state index in [1.165, 1.54) is 5.56 Å². The number of halogens is 2. The number of carbonyl (C=O) groups is 1. The molecule has 0 atom stereocenters. The molecule has 0 bridgehead atoms. The Labute approximate surface area is 91.5 Å². The molecular weight excluding hydrogens is 251 g/mol. The summed E-state index contributed by atoms with van der Waals surface area (Å²) in [4.78, 5) is 9.46. The highest BCUT2D eigenvalue weighted by molar-refractivity contribution is 9.08. The Hall–Kier alpha value is -0.600. The molecule has 70 valence electrons. The van der Waals surface area contributed by atoms with Gasteiger partial charge in [-0.1, -0.05) is 52.8 Å². The minimum Gasteiger partial charge on any atom is -0.276 e. The van der Waals surface area contributed by atoms with Crippen molar-refractivity contribution >= 4 is 32.8 Å². The van der Waals surface area contributed by atoms with Crippen LogP contribution >= 0.6 is 27.5 Å². The summed E-state index contributed by atoms with van der Waals surface area (Å²) in [6, 6.07) is 10.3. The van der Waals surface area contributed by atoms with Crippen molar-refractivity contribution in [1.29, 1.82) is 0 Å². The maximum absolute atomic E-state index is 9.46. The molecule has 0 heterocycles. The largest absolute Gasteiger partial charge is 0.276 e. The smallest absolute Gasteiger partial charge is 0.244 e. The third-order valence-electron chi connectivity index (χ3n) is 1.16. The Kier molecular flexibility index (Phi) is 7.65. The maximum atomic E-state index is 9.46. The van der Waals surface area contributed by atoms with Gasteiger partial charge in [0.25, 0.3) is 0 Å². The van der Waals surface area contributed by atoms with Gasteiger partial charge in [-0.2, -0.15) is 0 Å². The topological polar surface area (TPSA) is 17.1 Å². The lowest BCUT2D eigenvalue weighted by molar-refractivity contribution is -0.107. The van der Waals surface area contributed by atoms with E-state index in [0.29, 0.717) is 0 Å². The number of benzene rings is 1. The molecule has 0 saturated heterocycles. The molecule has 13 heavy (non-hydrogen) atoms. The van der Waals surface area contributed by atoms with E-state index in [1.807, 2.05) is 18.2 Å². The molecule has 0 unspecified atom stereocenters. The average molecular weight is 262 g/mol. The predicted molar refractivity (Wildman–Crippen MR) is 60.1 cm³/mol. The Morgan fingerprint density at radius 2 is 1.92 bits per heavy atom. The van der Waals surface area contributed by atoms with Gasteiger partial charge in [-0.15, -0.1) is 0 Å². The normalized spacial score (nSPS) is 8.15. The van der Waals surface area contributed by atoms with Crippen LogP contribution in [0, 0.1) is 0 Å². The monoisotopic (exact) mass is 260 g/mol. The fourth-order valence-corrected chi connectivity index (χ4v) is 0.941. The molecule has 0 spiro atoms. The highest BCUT2D eigenvalue weighted by Gasteiger charge is 1.81. The number of hydrogen-bond donors (Lipinski definition) is 0. The van der Waals surface area contributed by atoms with Gasteiger partial charge in [-0.25, -0.2) is 0 Å². The first-order valence-electron chi connectivity index (χ1n) is 3.62. The molecule has 0 saturated carbocycles. The van der Waals surface area contributed by atoms with Crippen molar-refractivity contribution in [3.05, 3.63) is 48.6 Å². The summed E-state index contributed by atoms with van der Waals surface area (Å²) in [5.74, 6) is 0. The van der Waals surface area contributed by atoms with Crippen LogP contribution in [0.5, 0.6) is 0 Å². The van der Waals surface area contributed by atoms with Crippen LogP contribution in [-0.4, -0.2) is 5.24 Å². The average Bonchev–Trinajstić information content (AvgIpc) is 2.20. The van der Waals surface area contributed by atoms with Crippen molar-refractivity contribution in [2.45, 2.75) is 5.33 Å². The molecule has 0 aromatic heterocycles. The van der Waals surface area contributed by atoms with Crippen LogP contribution in [0.15, 0.2) is 43.0 Å². The zero-order valence-electron chi connectivity index (χ0n) is 7.04. The molecule has 1 aromatic carbocycles. The Morgan fingerprint density at radius 3 is 2.15 bits per heavy atom. The van der Waals surface area contributed by atoms with Crippen LogP contribution in [0.3, 0.4) is 0 Å². The lowest BCUT2D eigenvalue weighted by Gasteiger charge is -1.88. The van der Waals surface area contributed by atoms with Gasteiger partial charge in [-0.05, 0) is 23.2 Å². The Bertz CT molecular complexity index is 259. The summed E-state index contributed by atoms with van der Waals surface area (Å²) in [5.41, 5.74) is 1.33. The number of carbonyl (C=O) groups excluding carboxylic acids is 1. The Morgan fingerprint density at radius 1 is 1.46 bits per heavy atom. The van der Waals surface area contributed by atoms with Gasteiger partial charge in [0.15, 0.2) is 0 Å². The zero-order valence-corrected chi connectivity index (χ0v) is 9.38. The maximum Gasteiger partial charge on any atom is 0.244 e. The number of allylic oxidation sites excluding steroid dienone is 1. The van der Waals surface area contributed by atoms with Gasteiger partial charge >= 0.3 is 0 Å². The van der Waals surface area contributed by atoms with Gasteiger partial charge in [0.05, 0.1) is 0 Å². The second-order valence-corrected chi connectivity index (χ2v) is 3.06. The lowest BCUT2D eigenvalue weighted by atomic mass is 10.2. The molecule has 0 aliphatic rings. The molecule has 0 aliphatic carbocycles. The quantitative estimate of drug-likeness (QED) is 0.452. The van der Waals surface area contributed by atoms with E-state index in [-0.39, 0.29) is 0 Å². The first-order chi connectivity index (χ1) is 6.20. The molecule has 0 radical (unpaired) electrons. The van der Waals surface area contributed by atoms with Gasteiger partial charge in [0.2, 0.25) is 5.24 Å². The molecule has 1 rings (SSSR count). The van der Waals surface area contributed by atoms with Crippen LogP contribution in [0.1, 0.15) is 5.56 Å². The fourth-order valence-electron chi connectivity index (χ4n) is 0.567. The van der Waals surface area contributed by atoms with Crippen molar-refractivity contribution in [2.75, 3.05) is 0 Å². The van der Waals surface area contributed by atoms with Crippen molar-refractivity contribution in [1.82, 2.24) is 0 Å². The third kappa shape index (κ3) is 7.75. The molecule has 0 N–H and O–H groups in total. The standard InChI is InChI=1S/C7H7Br.C3H3ClO/c8-6-7-4-2-1-3-5-7;1-2-3(4)5/h1-5H,6H2;2H,1H2. The van der Waals surface area contributed by atoms with Crippen LogP contribution in [0.4, 0.5) is 0 Å². The van der Waals surface area contributed by atoms with E-state index in [9.17, 15) is 4.79 Å². The van der Waals surface area contributed by atoms with Crippen LogP contribution in [-0.2, 0) is 10.1 Å². The highest BCUT2D eigenvalue weighted by atomic mass is 79.9. The van der Waals surface area contributed by atoms with Gasteiger partial charge in [0, 0.05) is 5.33 Å². The van der Waals surface area contributed by atoms with E-state index in [1.54, 1.807) is 0 Å². The molecular formula is C10H10BrClO. The molecule has 1 aromatic rings. The van der Waals surface area contributed by atoms with Gasteiger partial charge < -0.3 is 0 Å². The summed E-state index contributed by atoms with van der Waals surface area (Å²) in [6.07, 6.45) is 1.04.